The first kappa shape index (κ1) is 12.7. The lowest BCUT2D eigenvalue weighted by molar-refractivity contribution is 0.397. The summed E-state index contributed by atoms with van der Waals surface area (Å²) in [6, 6.07) is 5.73. The van der Waals surface area contributed by atoms with E-state index < -0.39 is 0 Å². The molecule has 0 aliphatic heterocycles. The summed E-state index contributed by atoms with van der Waals surface area (Å²) in [4.78, 5) is 4.29. The second-order valence-corrected chi connectivity index (χ2v) is 4.64. The number of ether oxygens (including phenoxy) is 1. The second kappa shape index (κ2) is 5.66. The van der Waals surface area contributed by atoms with Crippen LogP contribution in [0.2, 0.25) is 0 Å². The summed E-state index contributed by atoms with van der Waals surface area (Å²) < 4.78 is 5.05. The fraction of sp³-hybridized carbons (Fsp3) is 0.462. The van der Waals surface area contributed by atoms with Gasteiger partial charge in [-0.1, -0.05) is 12.1 Å². The summed E-state index contributed by atoms with van der Waals surface area (Å²) in [5.41, 5.74) is 1.06. The van der Waals surface area contributed by atoms with Crippen LogP contribution < -0.4 is 10.1 Å². The molecule has 3 nitrogen and oxygen atoms in total. The predicted octanol–water partition coefficient (Wildman–Crippen LogP) is 2.49. The fourth-order valence-corrected chi connectivity index (χ4v) is 1.18. The molecule has 0 bridgehead atoms. The fourth-order valence-electron chi connectivity index (χ4n) is 1.18. The third-order valence-corrected chi connectivity index (χ3v) is 1.99. The van der Waals surface area contributed by atoms with E-state index in [1.54, 1.807) is 7.11 Å². The summed E-state index contributed by atoms with van der Waals surface area (Å²) in [7, 11) is 1.62. The van der Waals surface area contributed by atoms with Gasteiger partial charge in [0.1, 0.15) is 0 Å². The Balaban J connectivity index is 2.49. The number of rotatable bonds is 4. The molecule has 1 heterocycles. The van der Waals surface area contributed by atoms with E-state index in [2.05, 4.69) is 37.1 Å². The molecule has 0 aromatic carbocycles. The zero-order valence-corrected chi connectivity index (χ0v) is 10.4. The van der Waals surface area contributed by atoms with Crippen LogP contribution in [0.15, 0.2) is 24.3 Å². The molecule has 0 saturated heterocycles. The molecule has 0 atom stereocenters. The Morgan fingerprint density at radius 1 is 1.38 bits per heavy atom. The van der Waals surface area contributed by atoms with Gasteiger partial charge >= 0.3 is 0 Å². The summed E-state index contributed by atoms with van der Waals surface area (Å²) >= 11 is 0. The van der Waals surface area contributed by atoms with Crippen molar-refractivity contribution < 1.29 is 4.74 Å². The van der Waals surface area contributed by atoms with Gasteiger partial charge in [-0.3, -0.25) is 0 Å². The SMILES string of the molecule is COc1cccc(/C=C/CNC(C)(C)C)n1. The average Bonchev–Trinajstić information content (AvgIpc) is 2.23. The molecule has 0 fully saturated rings. The third kappa shape index (κ3) is 4.94. The van der Waals surface area contributed by atoms with Gasteiger partial charge in [0.15, 0.2) is 0 Å². The molecule has 1 aromatic heterocycles. The van der Waals surface area contributed by atoms with Crippen molar-refractivity contribution in [2.45, 2.75) is 26.3 Å². The quantitative estimate of drug-likeness (QED) is 0.846. The van der Waals surface area contributed by atoms with E-state index in [1.165, 1.54) is 0 Å². The Kier molecular flexibility index (Phi) is 4.50. The molecule has 0 unspecified atom stereocenters. The average molecular weight is 220 g/mol. The van der Waals surface area contributed by atoms with E-state index in [-0.39, 0.29) is 5.54 Å². The summed E-state index contributed by atoms with van der Waals surface area (Å²) in [5.74, 6) is 0.644. The first-order valence-electron chi connectivity index (χ1n) is 5.44. The molecule has 16 heavy (non-hydrogen) atoms. The third-order valence-electron chi connectivity index (χ3n) is 1.99. The Hall–Kier alpha value is -1.35. The number of nitrogens with zero attached hydrogens (tertiary/aromatic N) is 1. The first-order chi connectivity index (χ1) is 7.51. The van der Waals surface area contributed by atoms with Crippen molar-refractivity contribution in [3.8, 4) is 5.88 Å². The van der Waals surface area contributed by atoms with Crippen LogP contribution in [0.4, 0.5) is 0 Å². The Morgan fingerprint density at radius 3 is 2.75 bits per heavy atom. The van der Waals surface area contributed by atoms with Gasteiger partial charge in [0.05, 0.1) is 12.8 Å². The number of hydrogen-bond acceptors (Lipinski definition) is 3. The highest BCUT2D eigenvalue weighted by atomic mass is 16.5. The molecule has 88 valence electrons. The Morgan fingerprint density at radius 2 is 2.12 bits per heavy atom. The molecule has 1 N–H and O–H groups in total. The molecule has 0 aliphatic carbocycles. The summed E-state index contributed by atoms with van der Waals surface area (Å²) in [6.07, 6.45) is 4.05. The Labute approximate surface area is 97.5 Å². The van der Waals surface area contributed by atoms with E-state index >= 15 is 0 Å². The van der Waals surface area contributed by atoms with Crippen molar-refractivity contribution in [3.05, 3.63) is 30.0 Å². The van der Waals surface area contributed by atoms with Gasteiger partial charge in [0.2, 0.25) is 5.88 Å². The summed E-state index contributed by atoms with van der Waals surface area (Å²) in [6.45, 7) is 7.27. The zero-order valence-electron chi connectivity index (χ0n) is 10.4. The lowest BCUT2D eigenvalue weighted by Gasteiger charge is -2.18. The van der Waals surface area contributed by atoms with Gasteiger partial charge in [-0.05, 0) is 32.9 Å². The minimum absolute atomic E-state index is 0.145. The topological polar surface area (TPSA) is 34.1 Å². The van der Waals surface area contributed by atoms with Crippen LogP contribution in [0.1, 0.15) is 26.5 Å². The second-order valence-electron chi connectivity index (χ2n) is 4.64. The van der Waals surface area contributed by atoms with Crippen molar-refractivity contribution in [1.82, 2.24) is 10.3 Å². The maximum absolute atomic E-state index is 5.05. The molecule has 1 rings (SSSR count). The van der Waals surface area contributed by atoms with Gasteiger partial charge in [0, 0.05) is 18.2 Å². The van der Waals surface area contributed by atoms with Crippen molar-refractivity contribution in [2.75, 3.05) is 13.7 Å². The predicted molar refractivity (Wildman–Crippen MR) is 67.6 cm³/mol. The monoisotopic (exact) mass is 220 g/mol. The van der Waals surface area contributed by atoms with Crippen LogP contribution >= 0.6 is 0 Å². The minimum atomic E-state index is 0.145. The van der Waals surface area contributed by atoms with Crippen LogP contribution in [0.3, 0.4) is 0 Å². The summed E-state index contributed by atoms with van der Waals surface area (Å²) in [5, 5.41) is 3.37. The highest BCUT2D eigenvalue weighted by Gasteiger charge is 2.05. The number of nitrogens with one attached hydrogen (secondary N) is 1. The number of pyridine rings is 1. The molecule has 1 aromatic rings. The number of aromatic nitrogens is 1. The standard InChI is InChI=1S/C13H20N2O/c1-13(2,3)14-10-6-8-11-7-5-9-12(15-11)16-4/h5-9,14H,10H2,1-4H3/b8-6+. The molecular formula is C13H20N2O. The zero-order chi connectivity index (χ0) is 12.0. The van der Waals surface area contributed by atoms with Gasteiger partial charge in [0.25, 0.3) is 0 Å². The molecule has 0 amide bonds. The molecule has 3 heteroatoms. The van der Waals surface area contributed by atoms with Gasteiger partial charge in [-0.25, -0.2) is 4.98 Å². The minimum Gasteiger partial charge on any atom is -0.481 e. The number of methoxy groups -OCH3 is 1. The first-order valence-corrected chi connectivity index (χ1v) is 5.44. The van der Waals surface area contributed by atoms with Gasteiger partial charge in [-0.2, -0.15) is 0 Å². The number of hydrogen-bond donors (Lipinski definition) is 1. The molecule has 0 aliphatic rings. The van der Waals surface area contributed by atoms with E-state index in [4.69, 9.17) is 4.74 Å². The maximum Gasteiger partial charge on any atom is 0.213 e. The van der Waals surface area contributed by atoms with Crippen LogP contribution in [0, 0.1) is 0 Å². The van der Waals surface area contributed by atoms with Gasteiger partial charge in [-0.15, -0.1) is 0 Å². The molecule has 0 radical (unpaired) electrons. The van der Waals surface area contributed by atoms with Crippen molar-refractivity contribution in [1.29, 1.82) is 0 Å². The van der Waals surface area contributed by atoms with Crippen LogP contribution in [-0.2, 0) is 0 Å². The Bertz CT molecular complexity index is 353. The van der Waals surface area contributed by atoms with Crippen LogP contribution in [0.25, 0.3) is 6.08 Å². The van der Waals surface area contributed by atoms with Crippen molar-refractivity contribution >= 4 is 6.08 Å². The largest absolute Gasteiger partial charge is 0.481 e. The van der Waals surface area contributed by atoms with Crippen LogP contribution in [0.5, 0.6) is 5.88 Å². The molecule has 0 spiro atoms. The van der Waals surface area contributed by atoms with E-state index in [0.29, 0.717) is 5.88 Å². The molecule has 0 saturated carbocycles. The highest BCUT2D eigenvalue weighted by Crippen LogP contribution is 2.07. The molecular weight excluding hydrogens is 200 g/mol. The van der Waals surface area contributed by atoms with Crippen molar-refractivity contribution in [3.63, 3.8) is 0 Å². The normalized spacial score (nSPS) is 12.0. The van der Waals surface area contributed by atoms with Crippen LogP contribution in [-0.4, -0.2) is 24.2 Å². The smallest absolute Gasteiger partial charge is 0.213 e. The highest BCUT2D eigenvalue weighted by molar-refractivity contribution is 5.45. The maximum atomic E-state index is 5.05. The van der Waals surface area contributed by atoms with Crippen molar-refractivity contribution in [2.24, 2.45) is 0 Å². The van der Waals surface area contributed by atoms with E-state index in [1.807, 2.05) is 24.3 Å². The van der Waals surface area contributed by atoms with E-state index in [9.17, 15) is 0 Å². The lowest BCUT2D eigenvalue weighted by Crippen LogP contribution is -2.35. The van der Waals surface area contributed by atoms with Gasteiger partial charge < -0.3 is 10.1 Å². The van der Waals surface area contributed by atoms with E-state index in [0.717, 1.165) is 12.2 Å². The lowest BCUT2D eigenvalue weighted by atomic mass is 10.1.